The predicted octanol–water partition coefficient (Wildman–Crippen LogP) is 2.16. The number of fused-ring (bicyclic) bond motifs is 1. The standard InChI is InChI=1S/C19H24FN5O/c1-14(26)24-8-6-15(7-9-24)19-22-21-18-13-23(10-11-25(18)19)12-16-4-2-3-5-17(16)20/h2-5,15H,6-13H2,1H3. The van der Waals surface area contributed by atoms with E-state index in [-0.39, 0.29) is 11.7 Å². The molecule has 0 spiro atoms. The average molecular weight is 357 g/mol. The molecule has 1 saturated heterocycles. The van der Waals surface area contributed by atoms with Gasteiger partial charge < -0.3 is 9.47 Å². The summed E-state index contributed by atoms with van der Waals surface area (Å²) >= 11 is 0. The molecule has 2 aliphatic heterocycles. The van der Waals surface area contributed by atoms with Gasteiger partial charge in [-0.3, -0.25) is 9.69 Å². The van der Waals surface area contributed by atoms with E-state index in [0.29, 0.717) is 19.0 Å². The molecule has 7 heteroatoms. The molecule has 0 atom stereocenters. The number of halogens is 1. The fraction of sp³-hybridized carbons (Fsp3) is 0.526. The van der Waals surface area contributed by atoms with Gasteiger partial charge in [0.25, 0.3) is 0 Å². The first kappa shape index (κ1) is 17.1. The van der Waals surface area contributed by atoms with E-state index in [1.807, 2.05) is 17.0 Å². The van der Waals surface area contributed by atoms with Gasteiger partial charge in [0.1, 0.15) is 17.5 Å². The van der Waals surface area contributed by atoms with Crippen molar-refractivity contribution in [1.29, 1.82) is 0 Å². The average Bonchev–Trinajstić information content (AvgIpc) is 3.07. The number of rotatable bonds is 3. The Labute approximate surface area is 152 Å². The molecule has 0 bridgehead atoms. The first-order chi connectivity index (χ1) is 12.6. The zero-order valence-electron chi connectivity index (χ0n) is 15.1. The zero-order valence-corrected chi connectivity index (χ0v) is 15.1. The number of carbonyl (C=O) groups is 1. The summed E-state index contributed by atoms with van der Waals surface area (Å²) in [6, 6.07) is 6.93. The Morgan fingerprint density at radius 2 is 1.92 bits per heavy atom. The second kappa shape index (κ2) is 7.15. The van der Waals surface area contributed by atoms with Gasteiger partial charge >= 0.3 is 0 Å². The lowest BCUT2D eigenvalue weighted by Gasteiger charge is -2.32. The van der Waals surface area contributed by atoms with E-state index >= 15 is 0 Å². The third kappa shape index (κ3) is 3.35. The second-order valence-corrected chi connectivity index (χ2v) is 7.21. The van der Waals surface area contributed by atoms with Crippen molar-refractivity contribution in [2.24, 2.45) is 0 Å². The van der Waals surface area contributed by atoms with Gasteiger partial charge in [0.05, 0.1) is 6.54 Å². The van der Waals surface area contributed by atoms with E-state index in [4.69, 9.17) is 0 Å². The molecule has 0 radical (unpaired) electrons. The summed E-state index contributed by atoms with van der Waals surface area (Å²) in [5, 5.41) is 8.86. The number of hydrogen-bond donors (Lipinski definition) is 0. The van der Waals surface area contributed by atoms with Crippen molar-refractivity contribution in [2.45, 2.75) is 45.3 Å². The van der Waals surface area contributed by atoms with Crippen molar-refractivity contribution in [3.8, 4) is 0 Å². The number of amides is 1. The van der Waals surface area contributed by atoms with Crippen molar-refractivity contribution >= 4 is 5.91 Å². The highest BCUT2D eigenvalue weighted by Crippen LogP contribution is 2.29. The topological polar surface area (TPSA) is 54.3 Å². The molecule has 3 heterocycles. The van der Waals surface area contributed by atoms with Crippen molar-refractivity contribution < 1.29 is 9.18 Å². The lowest BCUT2D eigenvalue weighted by atomic mass is 9.95. The first-order valence-corrected chi connectivity index (χ1v) is 9.25. The predicted molar refractivity (Wildman–Crippen MR) is 94.8 cm³/mol. The van der Waals surface area contributed by atoms with E-state index in [2.05, 4.69) is 19.7 Å². The number of aromatic nitrogens is 3. The summed E-state index contributed by atoms with van der Waals surface area (Å²) in [4.78, 5) is 15.6. The molecule has 0 aliphatic carbocycles. The van der Waals surface area contributed by atoms with E-state index in [1.54, 1.807) is 13.0 Å². The molecular weight excluding hydrogens is 333 g/mol. The number of piperidine rings is 1. The number of benzene rings is 1. The quantitative estimate of drug-likeness (QED) is 0.845. The van der Waals surface area contributed by atoms with E-state index < -0.39 is 0 Å². The van der Waals surface area contributed by atoms with Crippen molar-refractivity contribution in [2.75, 3.05) is 19.6 Å². The van der Waals surface area contributed by atoms with Crippen LogP contribution >= 0.6 is 0 Å². The smallest absolute Gasteiger partial charge is 0.219 e. The molecule has 1 aromatic carbocycles. The van der Waals surface area contributed by atoms with Crippen LogP contribution in [0.15, 0.2) is 24.3 Å². The molecule has 0 unspecified atom stereocenters. The highest BCUT2D eigenvalue weighted by atomic mass is 19.1. The van der Waals surface area contributed by atoms with Gasteiger partial charge in [0.15, 0.2) is 0 Å². The Morgan fingerprint density at radius 1 is 1.15 bits per heavy atom. The molecule has 0 N–H and O–H groups in total. The van der Waals surface area contributed by atoms with Gasteiger partial charge in [0, 0.05) is 51.1 Å². The lowest BCUT2D eigenvalue weighted by molar-refractivity contribution is -0.129. The van der Waals surface area contributed by atoms with Crippen LogP contribution < -0.4 is 0 Å². The number of carbonyl (C=O) groups excluding carboxylic acids is 1. The minimum Gasteiger partial charge on any atom is -0.343 e. The first-order valence-electron chi connectivity index (χ1n) is 9.25. The Morgan fingerprint density at radius 3 is 2.65 bits per heavy atom. The maximum atomic E-state index is 13.9. The Hall–Kier alpha value is -2.28. The van der Waals surface area contributed by atoms with Crippen molar-refractivity contribution in [3.63, 3.8) is 0 Å². The minimum atomic E-state index is -0.155. The summed E-state index contributed by atoms with van der Waals surface area (Å²) in [7, 11) is 0. The molecule has 4 rings (SSSR count). The Balaban J connectivity index is 1.43. The summed E-state index contributed by atoms with van der Waals surface area (Å²) in [6.07, 6.45) is 1.88. The minimum absolute atomic E-state index is 0.149. The normalized spacial score (nSPS) is 18.8. The largest absolute Gasteiger partial charge is 0.343 e. The SMILES string of the molecule is CC(=O)N1CCC(c2nnc3n2CCN(Cc2ccccc2F)C3)CC1. The second-order valence-electron chi connectivity index (χ2n) is 7.21. The number of likely N-dealkylation sites (tertiary alicyclic amines) is 1. The van der Waals surface area contributed by atoms with Gasteiger partial charge in [-0.2, -0.15) is 0 Å². The van der Waals surface area contributed by atoms with Crippen LogP contribution in [0.3, 0.4) is 0 Å². The van der Waals surface area contributed by atoms with Crippen LogP contribution in [0.1, 0.15) is 42.9 Å². The molecule has 6 nitrogen and oxygen atoms in total. The molecule has 1 aromatic heterocycles. The van der Waals surface area contributed by atoms with Gasteiger partial charge in [0.2, 0.25) is 5.91 Å². The van der Waals surface area contributed by atoms with E-state index in [0.717, 1.165) is 56.2 Å². The van der Waals surface area contributed by atoms with Crippen LogP contribution in [0.25, 0.3) is 0 Å². The van der Waals surface area contributed by atoms with E-state index in [9.17, 15) is 9.18 Å². The molecular formula is C19H24FN5O. The summed E-state index contributed by atoms with van der Waals surface area (Å²) in [5.74, 6) is 2.36. The maximum Gasteiger partial charge on any atom is 0.219 e. The van der Waals surface area contributed by atoms with E-state index in [1.165, 1.54) is 6.07 Å². The molecule has 2 aromatic rings. The third-order valence-corrected chi connectivity index (χ3v) is 5.52. The fourth-order valence-corrected chi connectivity index (χ4v) is 3.99. The Bertz CT molecular complexity index is 797. The molecule has 0 saturated carbocycles. The van der Waals surface area contributed by atoms with Gasteiger partial charge in [-0.15, -0.1) is 10.2 Å². The summed E-state index contributed by atoms with van der Waals surface area (Å²) < 4.78 is 16.1. The summed E-state index contributed by atoms with van der Waals surface area (Å²) in [5.41, 5.74) is 0.720. The maximum absolute atomic E-state index is 13.9. The van der Waals surface area contributed by atoms with Crippen molar-refractivity contribution in [3.05, 3.63) is 47.3 Å². The van der Waals surface area contributed by atoms with Gasteiger partial charge in [-0.05, 0) is 18.9 Å². The monoisotopic (exact) mass is 357 g/mol. The van der Waals surface area contributed by atoms with Crippen molar-refractivity contribution in [1.82, 2.24) is 24.6 Å². The fourth-order valence-electron chi connectivity index (χ4n) is 3.99. The highest BCUT2D eigenvalue weighted by Gasteiger charge is 2.29. The van der Waals surface area contributed by atoms with Gasteiger partial charge in [-0.1, -0.05) is 18.2 Å². The van der Waals surface area contributed by atoms with Gasteiger partial charge in [-0.25, -0.2) is 4.39 Å². The number of hydrogen-bond acceptors (Lipinski definition) is 4. The van der Waals surface area contributed by atoms with Crippen LogP contribution in [0.5, 0.6) is 0 Å². The number of nitrogens with zero attached hydrogens (tertiary/aromatic N) is 5. The highest BCUT2D eigenvalue weighted by molar-refractivity contribution is 5.73. The third-order valence-electron chi connectivity index (χ3n) is 5.52. The molecule has 1 amide bonds. The molecule has 1 fully saturated rings. The van der Waals surface area contributed by atoms with Crippen LogP contribution in [-0.4, -0.2) is 50.1 Å². The van der Waals surface area contributed by atoms with Crippen LogP contribution in [0.2, 0.25) is 0 Å². The molecule has 26 heavy (non-hydrogen) atoms. The zero-order chi connectivity index (χ0) is 18.1. The van der Waals surface area contributed by atoms with Crippen LogP contribution in [0.4, 0.5) is 4.39 Å². The lowest BCUT2D eigenvalue weighted by Crippen LogP contribution is -2.38. The summed E-state index contributed by atoms with van der Waals surface area (Å²) in [6.45, 7) is 6.18. The van der Waals surface area contributed by atoms with Crippen LogP contribution in [0, 0.1) is 5.82 Å². The van der Waals surface area contributed by atoms with Crippen LogP contribution in [-0.2, 0) is 24.4 Å². The molecule has 138 valence electrons. The molecule has 2 aliphatic rings. The Kier molecular flexibility index (Phi) is 4.72.